The van der Waals surface area contributed by atoms with Gasteiger partial charge in [-0.1, -0.05) is 18.2 Å². The maximum absolute atomic E-state index is 12.1. The summed E-state index contributed by atoms with van der Waals surface area (Å²) in [4.78, 5) is 14.6. The normalized spacial score (nSPS) is 18.0. The Morgan fingerprint density at radius 1 is 1.05 bits per heavy atom. The Balaban J connectivity index is 1.68. The molecule has 0 spiro atoms. The standard InChI is InChI=1S/C19H22N2O/c1-15-7-5-6-14-21(15)18-12-10-17(11-13-18)20-19(22)16-8-3-2-4-9-16/h2-4,8-13,15H,5-7,14H2,1H3,(H,20,22)/t15-/m0/s1. The Labute approximate surface area is 132 Å². The van der Waals surface area contributed by atoms with Crippen molar-refractivity contribution in [3.63, 3.8) is 0 Å². The number of nitrogens with zero attached hydrogens (tertiary/aromatic N) is 1. The Kier molecular flexibility index (Phi) is 4.42. The Morgan fingerprint density at radius 2 is 1.77 bits per heavy atom. The first-order chi connectivity index (χ1) is 10.7. The molecule has 1 heterocycles. The third-order valence-electron chi connectivity index (χ3n) is 4.30. The number of nitrogens with one attached hydrogen (secondary N) is 1. The van der Waals surface area contributed by atoms with Gasteiger partial charge in [0.2, 0.25) is 0 Å². The van der Waals surface area contributed by atoms with E-state index in [0.29, 0.717) is 11.6 Å². The van der Waals surface area contributed by atoms with Gasteiger partial charge in [-0.3, -0.25) is 4.79 Å². The number of carbonyl (C=O) groups is 1. The molecular weight excluding hydrogens is 272 g/mol. The van der Waals surface area contributed by atoms with Crippen LogP contribution in [0.4, 0.5) is 11.4 Å². The van der Waals surface area contributed by atoms with Crippen LogP contribution in [-0.2, 0) is 0 Å². The highest BCUT2D eigenvalue weighted by molar-refractivity contribution is 6.04. The van der Waals surface area contributed by atoms with Crippen molar-refractivity contribution in [2.24, 2.45) is 0 Å². The van der Waals surface area contributed by atoms with E-state index in [9.17, 15) is 4.79 Å². The molecule has 3 nitrogen and oxygen atoms in total. The van der Waals surface area contributed by atoms with Crippen molar-refractivity contribution in [1.29, 1.82) is 0 Å². The quantitative estimate of drug-likeness (QED) is 0.914. The molecule has 0 saturated carbocycles. The molecule has 1 aliphatic heterocycles. The van der Waals surface area contributed by atoms with E-state index >= 15 is 0 Å². The van der Waals surface area contributed by atoms with Crippen molar-refractivity contribution in [1.82, 2.24) is 0 Å². The molecule has 3 rings (SSSR count). The highest BCUT2D eigenvalue weighted by Gasteiger charge is 2.18. The van der Waals surface area contributed by atoms with E-state index in [4.69, 9.17) is 0 Å². The summed E-state index contributed by atoms with van der Waals surface area (Å²) in [5.41, 5.74) is 2.75. The lowest BCUT2D eigenvalue weighted by Gasteiger charge is -2.35. The summed E-state index contributed by atoms with van der Waals surface area (Å²) in [5.74, 6) is -0.0697. The van der Waals surface area contributed by atoms with Gasteiger partial charge in [-0.2, -0.15) is 0 Å². The maximum Gasteiger partial charge on any atom is 0.255 e. The molecule has 0 bridgehead atoms. The molecule has 0 radical (unpaired) electrons. The van der Waals surface area contributed by atoms with Crippen LogP contribution in [0.1, 0.15) is 36.5 Å². The van der Waals surface area contributed by atoms with E-state index in [1.807, 2.05) is 42.5 Å². The lowest BCUT2D eigenvalue weighted by Crippen LogP contribution is -2.37. The molecule has 3 heteroatoms. The zero-order valence-electron chi connectivity index (χ0n) is 13.0. The molecule has 0 unspecified atom stereocenters. The second kappa shape index (κ2) is 6.65. The van der Waals surface area contributed by atoms with E-state index in [0.717, 1.165) is 12.2 Å². The van der Waals surface area contributed by atoms with Crippen LogP contribution < -0.4 is 10.2 Å². The predicted octanol–water partition coefficient (Wildman–Crippen LogP) is 4.32. The van der Waals surface area contributed by atoms with E-state index in [1.165, 1.54) is 24.9 Å². The van der Waals surface area contributed by atoms with E-state index < -0.39 is 0 Å². The summed E-state index contributed by atoms with van der Waals surface area (Å²) < 4.78 is 0. The number of benzene rings is 2. The molecular formula is C19H22N2O. The van der Waals surface area contributed by atoms with E-state index in [-0.39, 0.29) is 5.91 Å². The largest absolute Gasteiger partial charge is 0.369 e. The van der Waals surface area contributed by atoms with Crippen LogP contribution >= 0.6 is 0 Å². The van der Waals surface area contributed by atoms with Crippen LogP contribution in [-0.4, -0.2) is 18.5 Å². The Bertz CT molecular complexity index is 622. The van der Waals surface area contributed by atoms with Crippen LogP contribution in [0.3, 0.4) is 0 Å². The molecule has 0 aromatic heterocycles. The first-order valence-electron chi connectivity index (χ1n) is 7.97. The second-order valence-corrected chi connectivity index (χ2v) is 5.91. The van der Waals surface area contributed by atoms with Crippen LogP contribution in [0, 0.1) is 0 Å². The molecule has 2 aromatic carbocycles. The van der Waals surface area contributed by atoms with Crippen molar-refractivity contribution in [3.8, 4) is 0 Å². The molecule has 22 heavy (non-hydrogen) atoms. The van der Waals surface area contributed by atoms with Gasteiger partial charge in [-0.05, 0) is 62.6 Å². The molecule has 1 aliphatic rings. The van der Waals surface area contributed by atoms with Gasteiger partial charge in [0.1, 0.15) is 0 Å². The van der Waals surface area contributed by atoms with Crippen molar-refractivity contribution >= 4 is 17.3 Å². The molecule has 0 aliphatic carbocycles. The van der Waals surface area contributed by atoms with Gasteiger partial charge in [-0.25, -0.2) is 0 Å². The highest BCUT2D eigenvalue weighted by atomic mass is 16.1. The average molecular weight is 294 g/mol. The number of anilines is 2. The number of piperidine rings is 1. The number of rotatable bonds is 3. The van der Waals surface area contributed by atoms with Crippen molar-refractivity contribution in [3.05, 3.63) is 60.2 Å². The summed E-state index contributed by atoms with van der Waals surface area (Å²) in [6.45, 7) is 3.40. The fourth-order valence-corrected chi connectivity index (χ4v) is 3.01. The number of hydrogen-bond acceptors (Lipinski definition) is 2. The molecule has 1 fully saturated rings. The lowest BCUT2D eigenvalue weighted by molar-refractivity contribution is 0.102. The van der Waals surface area contributed by atoms with Crippen molar-refractivity contribution in [2.75, 3.05) is 16.8 Å². The third-order valence-corrected chi connectivity index (χ3v) is 4.30. The maximum atomic E-state index is 12.1. The van der Waals surface area contributed by atoms with Gasteiger partial charge >= 0.3 is 0 Å². The van der Waals surface area contributed by atoms with Gasteiger partial charge in [0.05, 0.1) is 0 Å². The van der Waals surface area contributed by atoms with E-state index in [1.54, 1.807) is 0 Å². The number of amides is 1. The van der Waals surface area contributed by atoms with Crippen LogP contribution in [0.5, 0.6) is 0 Å². The third kappa shape index (κ3) is 3.30. The Morgan fingerprint density at radius 3 is 2.45 bits per heavy atom. The number of hydrogen-bond donors (Lipinski definition) is 1. The van der Waals surface area contributed by atoms with Gasteiger partial charge < -0.3 is 10.2 Å². The van der Waals surface area contributed by atoms with Crippen molar-refractivity contribution in [2.45, 2.75) is 32.2 Å². The fourth-order valence-electron chi connectivity index (χ4n) is 3.01. The average Bonchev–Trinajstić information content (AvgIpc) is 2.57. The fraction of sp³-hybridized carbons (Fsp3) is 0.316. The first-order valence-corrected chi connectivity index (χ1v) is 7.97. The molecule has 1 amide bonds. The first kappa shape index (κ1) is 14.6. The number of carbonyl (C=O) groups excluding carboxylic acids is 1. The molecule has 114 valence electrons. The van der Waals surface area contributed by atoms with Gasteiger partial charge in [0.15, 0.2) is 0 Å². The van der Waals surface area contributed by atoms with Gasteiger partial charge in [0, 0.05) is 29.5 Å². The summed E-state index contributed by atoms with van der Waals surface area (Å²) in [6.07, 6.45) is 3.84. The lowest BCUT2D eigenvalue weighted by atomic mass is 10.0. The van der Waals surface area contributed by atoms with Crippen molar-refractivity contribution < 1.29 is 4.79 Å². The summed E-state index contributed by atoms with van der Waals surface area (Å²) in [5, 5.41) is 2.94. The topological polar surface area (TPSA) is 32.3 Å². The minimum atomic E-state index is -0.0697. The zero-order valence-corrected chi connectivity index (χ0v) is 13.0. The second-order valence-electron chi connectivity index (χ2n) is 5.91. The minimum absolute atomic E-state index is 0.0697. The molecule has 2 aromatic rings. The smallest absolute Gasteiger partial charge is 0.255 e. The van der Waals surface area contributed by atoms with Crippen LogP contribution in [0.25, 0.3) is 0 Å². The van der Waals surface area contributed by atoms with Crippen LogP contribution in [0.2, 0.25) is 0 Å². The molecule has 1 N–H and O–H groups in total. The summed E-state index contributed by atoms with van der Waals surface area (Å²) >= 11 is 0. The summed E-state index contributed by atoms with van der Waals surface area (Å²) in [6, 6.07) is 18.0. The van der Waals surface area contributed by atoms with E-state index in [2.05, 4.69) is 29.3 Å². The zero-order chi connectivity index (χ0) is 15.4. The SMILES string of the molecule is C[C@H]1CCCCN1c1ccc(NC(=O)c2ccccc2)cc1. The molecule has 1 atom stereocenters. The molecule has 1 saturated heterocycles. The highest BCUT2D eigenvalue weighted by Crippen LogP contribution is 2.25. The monoisotopic (exact) mass is 294 g/mol. The Hall–Kier alpha value is -2.29. The van der Waals surface area contributed by atoms with Crippen LogP contribution in [0.15, 0.2) is 54.6 Å². The predicted molar refractivity (Wildman–Crippen MR) is 91.5 cm³/mol. The van der Waals surface area contributed by atoms with Gasteiger partial charge in [-0.15, -0.1) is 0 Å². The minimum Gasteiger partial charge on any atom is -0.369 e. The van der Waals surface area contributed by atoms with Gasteiger partial charge in [0.25, 0.3) is 5.91 Å². The summed E-state index contributed by atoms with van der Waals surface area (Å²) in [7, 11) is 0.